The summed E-state index contributed by atoms with van der Waals surface area (Å²) in [5.74, 6) is 0.531. The zero-order valence-corrected chi connectivity index (χ0v) is 15.9. The highest BCUT2D eigenvalue weighted by Gasteiger charge is 2.22. The van der Waals surface area contributed by atoms with Gasteiger partial charge in [0.25, 0.3) is 5.56 Å². The molecule has 0 spiro atoms. The van der Waals surface area contributed by atoms with Gasteiger partial charge in [0.05, 0.1) is 16.6 Å². The van der Waals surface area contributed by atoms with Crippen LogP contribution in [0.2, 0.25) is 0 Å². The maximum atomic E-state index is 12.4. The molecule has 2 N–H and O–H groups in total. The Balaban J connectivity index is 1.29. The van der Waals surface area contributed by atoms with Crippen molar-refractivity contribution < 1.29 is 14.6 Å². The largest absolute Gasteiger partial charge is 0.506 e. The first-order valence-corrected chi connectivity index (χ1v) is 9.48. The van der Waals surface area contributed by atoms with Crippen molar-refractivity contribution in [3.8, 4) is 5.75 Å². The van der Waals surface area contributed by atoms with Gasteiger partial charge in [-0.25, -0.2) is 4.98 Å². The van der Waals surface area contributed by atoms with Crippen LogP contribution in [0.3, 0.4) is 0 Å². The fraction of sp³-hybridized carbons (Fsp3) is 0.286. The van der Waals surface area contributed by atoms with Crippen molar-refractivity contribution >= 4 is 22.5 Å². The third-order valence-electron chi connectivity index (χ3n) is 4.98. The van der Waals surface area contributed by atoms with Gasteiger partial charge in [-0.3, -0.25) is 9.59 Å². The lowest BCUT2D eigenvalue weighted by Crippen LogP contribution is -2.49. The van der Waals surface area contributed by atoms with Crippen molar-refractivity contribution in [3.63, 3.8) is 0 Å². The predicted octanol–water partition coefficient (Wildman–Crippen LogP) is 1.49. The van der Waals surface area contributed by atoms with Crippen LogP contribution in [-0.4, -0.2) is 58.7 Å². The van der Waals surface area contributed by atoms with Crippen molar-refractivity contribution in [3.05, 3.63) is 64.7 Å². The smallest absolute Gasteiger partial charge is 0.258 e. The highest BCUT2D eigenvalue weighted by Crippen LogP contribution is 2.27. The molecule has 0 aliphatic carbocycles. The summed E-state index contributed by atoms with van der Waals surface area (Å²) in [4.78, 5) is 35.3. The van der Waals surface area contributed by atoms with Gasteiger partial charge >= 0.3 is 0 Å². The molecule has 3 aromatic rings. The van der Waals surface area contributed by atoms with E-state index in [0.717, 1.165) is 5.69 Å². The Kier molecular flexibility index (Phi) is 5.44. The summed E-state index contributed by atoms with van der Waals surface area (Å²) < 4.78 is 5.49. The second kappa shape index (κ2) is 8.32. The Morgan fingerprint density at radius 3 is 2.59 bits per heavy atom. The molecule has 0 saturated carbocycles. The van der Waals surface area contributed by atoms with Gasteiger partial charge in [0.1, 0.15) is 24.8 Å². The molecule has 2 aromatic carbocycles. The molecular formula is C21H22N4O4. The Morgan fingerprint density at radius 1 is 1.07 bits per heavy atom. The van der Waals surface area contributed by atoms with Crippen LogP contribution in [0.4, 0.5) is 5.69 Å². The summed E-state index contributed by atoms with van der Waals surface area (Å²) in [7, 11) is 0. The van der Waals surface area contributed by atoms with Gasteiger partial charge in [0.15, 0.2) is 0 Å². The average molecular weight is 394 g/mol. The molecule has 29 heavy (non-hydrogen) atoms. The number of hydrogen-bond acceptors (Lipinski definition) is 6. The zero-order chi connectivity index (χ0) is 20.2. The van der Waals surface area contributed by atoms with Gasteiger partial charge in [-0.15, -0.1) is 0 Å². The summed E-state index contributed by atoms with van der Waals surface area (Å²) in [5.41, 5.74) is 1.16. The molecular weight excluding hydrogens is 372 g/mol. The number of phenolic OH excluding ortho intramolecular Hbond substituents is 1. The van der Waals surface area contributed by atoms with Crippen molar-refractivity contribution in [1.82, 2.24) is 14.9 Å². The van der Waals surface area contributed by atoms with Crippen molar-refractivity contribution in [2.24, 2.45) is 0 Å². The number of carbonyl (C=O) groups excluding carboxylic acids is 1. The molecule has 0 atom stereocenters. The fourth-order valence-electron chi connectivity index (χ4n) is 3.46. The first kappa shape index (κ1) is 18.9. The van der Waals surface area contributed by atoms with Crippen LogP contribution in [0.25, 0.3) is 10.9 Å². The van der Waals surface area contributed by atoms with E-state index in [4.69, 9.17) is 4.74 Å². The number of carbonyl (C=O) groups is 1. The highest BCUT2D eigenvalue weighted by molar-refractivity contribution is 5.78. The molecule has 2 heterocycles. The first-order chi connectivity index (χ1) is 14.1. The third kappa shape index (κ3) is 4.22. The van der Waals surface area contributed by atoms with E-state index < -0.39 is 0 Å². The number of aromatic nitrogens is 2. The first-order valence-electron chi connectivity index (χ1n) is 9.48. The number of aromatic amines is 1. The van der Waals surface area contributed by atoms with E-state index in [1.165, 1.54) is 0 Å². The lowest BCUT2D eigenvalue weighted by Gasteiger charge is -2.36. The van der Waals surface area contributed by atoms with Crippen LogP contribution in [0.5, 0.6) is 5.75 Å². The van der Waals surface area contributed by atoms with Crippen LogP contribution in [0.15, 0.2) is 53.3 Å². The molecule has 1 saturated heterocycles. The lowest BCUT2D eigenvalue weighted by molar-refractivity contribution is -0.136. The minimum atomic E-state index is -0.221. The number of ether oxygens (including phenoxy) is 1. The Hall–Kier alpha value is -3.39. The molecule has 0 bridgehead atoms. The van der Waals surface area contributed by atoms with Crippen molar-refractivity contribution in [1.29, 1.82) is 0 Å². The van der Waals surface area contributed by atoms with Crippen LogP contribution in [0, 0.1) is 0 Å². The molecule has 1 aliphatic heterocycles. The van der Waals surface area contributed by atoms with E-state index in [9.17, 15) is 14.7 Å². The number of para-hydroxylation sites is 3. The number of aromatic hydroxyl groups is 1. The molecule has 8 heteroatoms. The number of anilines is 1. The van der Waals surface area contributed by atoms with Gasteiger partial charge in [-0.2, -0.15) is 0 Å². The number of hydrogen-bond donors (Lipinski definition) is 2. The predicted molar refractivity (Wildman–Crippen MR) is 109 cm³/mol. The molecule has 0 unspecified atom stereocenters. The van der Waals surface area contributed by atoms with E-state index in [-0.39, 0.29) is 30.4 Å². The molecule has 4 rings (SSSR count). The molecule has 0 radical (unpaired) electrons. The Bertz CT molecular complexity index is 1070. The second-order valence-corrected chi connectivity index (χ2v) is 6.88. The van der Waals surface area contributed by atoms with Crippen molar-refractivity contribution in [2.75, 3.05) is 37.7 Å². The lowest BCUT2D eigenvalue weighted by atomic mass is 10.2. The van der Waals surface area contributed by atoms with Gasteiger partial charge < -0.3 is 24.6 Å². The molecule has 1 aromatic heterocycles. The van der Waals surface area contributed by atoms with Crippen LogP contribution >= 0.6 is 0 Å². The Labute approximate surface area is 167 Å². The van der Waals surface area contributed by atoms with E-state index in [2.05, 4.69) is 14.9 Å². The number of rotatable bonds is 5. The van der Waals surface area contributed by atoms with Crippen molar-refractivity contribution in [2.45, 2.75) is 6.61 Å². The number of piperazine rings is 1. The maximum Gasteiger partial charge on any atom is 0.258 e. The minimum Gasteiger partial charge on any atom is -0.506 e. The summed E-state index contributed by atoms with van der Waals surface area (Å²) in [6.07, 6.45) is 0. The second-order valence-electron chi connectivity index (χ2n) is 6.88. The maximum absolute atomic E-state index is 12.4. The number of phenols is 1. The molecule has 1 fully saturated rings. The van der Waals surface area contributed by atoms with Crippen LogP contribution in [0.1, 0.15) is 5.82 Å². The number of nitrogens with zero attached hydrogens (tertiary/aromatic N) is 3. The number of benzene rings is 2. The monoisotopic (exact) mass is 394 g/mol. The topological polar surface area (TPSA) is 98.8 Å². The number of fused-ring (bicyclic) bond motifs is 1. The highest BCUT2D eigenvalue weighted by atomic mass is 16.5. The van der Waals surface area contributed by atoms with E-state index in [1.54, 1.807) is 35.2 Å². The van der Waals surface area contributed by atoms with Gasteiger partial charge in [0, 0.05) is 26.2 Å². The zero-order valence-electron chi connectivity index (χ0n) is 15.9. The standard InChI is InChI=1S/C21H22N4O4/c26-18-8-4-3-7-17(18)24-9-11-25(12-10-24)20(27)14-29-13-19-22-16-6-2-1-5-15(16)21(28)23-19/h1-8,26H,9-14H2,(H,22,23,28). The minimum absolute atomic E-state index is 0.0592. The number of nitrogens with one attached hydrogen (secondary N) is 1. The quantitative estimate of drug-likeness (QED) is 0.680. The average Bonchev–Trinajstić information content (AvgIpc) is 2.74. The van der Waals surface area contributed by atoms with E-state index >= 15 is 0 Å². The van der Waals surface area contributed by atoms with Gasteiger partial charge in [0.2, 0.25) is 5.91 Å². The summed E-state index contributed by atoms with van der Waals surface area (Å²) in [6.45, 7) is 2.38. The summed E-state index contributed by atoms with van der Waals surface area (Å²) in [5, 5.41) is 10.5. The Morgan fingerprint density at radius 2 is 1.79 bits per heavy atom. The van der Waals surface area contributed by atoms with E-state index in [1.807, 2.05) is 18.2 Å². The number of amides is 1. The fourth-order valence-corrected chi connectivity index (χ4v) is 3.46. The van der Waals surface area contributed by atoms with Crippen LogP contribution < -0.4 is 10.5 Å². The summed E-state index contributed by atoms with van der Waals surface area (Å²) >= 11 is 0. The molecule has 8 nitrogen and oxygen atoms in total. The normalized spacial score (nSPS) is 14.3. The third-order valence-corrected chi connectivity index (χ3v) is 4.98. The summed E-state index contributed by atoms with van der Waals surface area (Å²) in [6, 6.07) is 14.3. The van der Waals surface area contributed by atoms with Gasteiger partial charge in [-0.1, -0.05) is 24.3 Å². The van der Waals surface area contributed by atoms with E-state index in [0.29, 0.717) is 42.9 Å². The number of H-pyrrole nitrogens is 1. The SMILES string of the molecule is O=C(COCc1nc2ccccc2c(=O)[nH]1)N1CCN(c2ccccc2O)CC1. The molecule has 150 valence electrons. The molecule has 1 aliphatic rings. The molecule has 1 amide bonds. The van der Waals surface area contributed by atoms with Crippen LogP contribution in [-0.2, 0) is 16.1 Å². The van der Waals surface area contributed by atoms with Gasteiger partial charge in [-0.05, 0) is 24.3 Å².